The van der Waals surface area contributed by atoms with Gasteiger partial charge in [-0.3, -0.25) is 14.6 Å². The molecule has 0 aliphatic rings. The van der Waals surface area contributed by atoms with E-state index in [1.807, 2.05) is 0 Å². The number of ketones is 1. The summed E-state index contributed by atoms with van der Waals surface area (Å²) in [5.41, 5.74) is 0.352. The molecule has 0 aliphatic carbocycles. The van der Waals surface area contributed by atoms with Crippen molar-refractivity contribution in [3.63, 3.8) is 0 Å². The molecule has 2 aromatic rings. The number of pyridine rings is 1. The Morgan fingerprint density at radius 2 is 1.91 bits per heavy atom. The molecule has 0 bridgehead atoms. The lowest BCUT2D eigenvalue weighted by Crippen LogP contribution is -2.10. The normalized spacial score (nSPS) is 10.3. The third-order valence-corrected chi connectivity index (χ3v) is 2.89. The van der Waals surface area contributed by atoms with Crippen LogP contribution in [0.2, 0.25) is 0 Å². The van der Waals surface area contributed by atoms with Crippen LogP contribution >= 0.6 is 0 Å². The summed E-state index contributed by atoms with van der Waals surface area (Å²) in [5.74, 6) is -2.86. The van der Waals surface area contributed by atoms with Gasteiger partial charge in [0.1, 0.15) is 18.2 Å². The quantitative estimate of drug-likeness (QED) is 0.608. The van der Waals surface area contributed by atoms with E-state index in [1.54, 1.807) is 24.4 Å². The molecule has 0 unspecified atom stereocenters. The van der Waals surface area contributed by atoms with Gasteiger partial charge in [0.15, 0.2) is 5.78 Å². The summed E-state index contributed by atoms with van der Waals surface area (Å²) in [4.78, 5) is 27.3. The van der Waals surface area contributed by atoms with Gasteiger partial charge in [0.05, 0.1) is 17.7 Å². The maximum absolute atomic E-state index is 13.4. The van der Waals surface area contributed by atoms with Gasteiger partial charge in [0, 0.05) is 18.7 Å². The fourth-order valence-corrected chi connectivity index (χ4v) is 1.78. The molecular weight excluding hydrogens is 292 g/mol. The molecule has 114 valence electrons. The Hall–Kier alpha value is -2.63. The standard InChI is InChI=1S/C16H13F2NO3/c17-11-4-5-13(14(18)9-11)15(20)6-7-16(21)22-10-12-3-1-2-8-19-12/h1-5,8-9H,6-7,10H2. The molecule has 6 heteroatoms. The molecule has 0 N–H and O–H groups in total. The van der Waals surface area contributed by atoms with Crippen molar-refractivity contribution in [1.29, 1.82) is 0 Å². The van der Waals surface area contributed by atoms with Crippen LogP contribution in [0, 0.1) is 11.6 Å². The number of hydrogen-bond donors (Lipinski definition) is 0. The topological polar surface area (TPSA) is 56.3 Å². The summed E-state index contributed by atoms with van der Waals surface area (Å²) in [6, 6.07) is 7.89. The van der Waals surface area contributed by atoms with Gasteiger partial charge in [0.2, 0.25) is 0 Å². The van der Waals surface area contributed by atoms with E-state index in [2.05, 4.69) is 4.98 Å². The number of ether oxygens (including phenoxy) is 1. The van der Waals surface area contributed by atoms with Gasteiger partial charge < -0.3 is 4.74 Å². The molecule has 0 radical (unpaired) electrons. The number of benzene rings is 1. The fraction of sp³-hybridized carbons (Fsp3) is 0.188. The zero-order valence-electron chi connectivity index (χ0n) is 11.6. The first-order chi connectivity index (χ1) is 10.6. The van der Waals surface area contributed by atoms with Crippen molar-refractivity contribution in [2.24, 2.45) is 0 Å². The molecule has 0 atom stereocenters. The van der Waals surface area contributed by atoms with Crippen LogP contribution < -0.4 is 0 Å². The number of aromatic nitrogens is 1. The first-order valence-electron chi connectivity index (χ1n) is 6.60. The van der Waals surface area contributed by atoms with E-state index in [4.69, 9.17) is 4.74 Å². The van der Waals surface area contributed by atoms with Crippen LogP contribution in [0.4, 0.5) is 8.78 Å². The fourth-order valence-electron chi connectivity index (χ4n) is 1.78. The average molecular weight is 305 g/mol. The maximum atomic E-state index is 13.4. The number of carbonyl (C=O) groups is 2. The van der Waals surface area contributed by atoms with Crippen molar-refractivity contribution in [2.45, 2.75) is 19.4 Å². The highest BCUT2D eigenvalue weighted by Crippen LogP contribution is 2.13. The average Bonchev–Trinajstić information content (AvgIpc) is 2.51. The molecule has 4 nitrogen and oxygen atoms in total. The summed E-state index contributed by atoms with van der Waals surface area (Å²) in [6.45, 7) is 0.0127. The summed E-state index contributed by atoms with van der Waals surface area (Å²) < 4.78 is 31.1. The zero-order valence-corrected chi connectivity index (χ0v) is 11.6. The summed E-state index contributed by atoms with van der Waals surface area (Å²) in [7, 11) is 0. The van der Waals surface area contributed by atoms with Crippen molar-refractivity contribution in [3.05, 3.63) is 65.5 Å². The van der Waals surface area contributed by atoms with Crippen LogP contribution in [0.5, 0.6) is 0 Å². The number of rotatable bonds is 6. The van der Waals surface area contributed by atoms with Gasteiger partial charge in [-0.2, -0.15) is 0 Å². The number of esters is 1. The molecule has 1 heterocycles. The molecular formula is C16H13F2NO3. The van der Waals surface area contributed by atoms with E-state index in [9.17, 15) is 18.4 Å². The minimum atomic E-state index is -0.938. The van der Waals surface area contributed by atoms with E-state index >= 15 is 0 Å². The molecule has 1 aromatic carbocycles. The largest absolute Gasteiger partial charge is 0.459 e. The monoisotopic (exact) mass is 305 g/mol. The first kappa shape index (κ1) is 15.8. The number of carbonyl (C=O) groups excluding carboxylic acids is 2. The molecule has 22 heavy (non-hydrogen) atoms. The van der Waals surface area contributed by atoms with Crippen molar-refractivity contribution in [1.82, 2.24) is 4.98 Å². The van der Waals surface area contributed by atoms with Crippen molar-refractivity contribution < 1.29 is 23.1 Å². The van der Waals surface area contributed by atoms with Crippen molar-refractivity contribution in [3.8, 4) is 0 Å². The lowest BCUT2D eigenvalue weighted by atomic mass is 10.1. The predicted octanol–water partition coefficient (Wildman–Crippen LogP) is 3.07. The third-order valence-electron chi connectivity index (χ3n) is 2.89. The molecule has 0 amide bonds. The smallest absolute Gasteiger partial charge is 0.306 e. The maximum Gasteiger partial charge on any atom is 0.306 e. The first-order valence-corrected chi connectivity index (χ1v) is 6.60. The van der Waals surface area contributed by atoms with E-state index in [0.717, 1.165) is 12.1 Å². The second kappa shape index (κ2) is 7.40. The van der Waals surface area contributed by atoms with Crippen molar-refractivity contribution >= 4 is 11.8 Å². The minimum Gasteiger partial charge on any atom is -0.459 e. The Kier molecular flexibility index (Phi) is 5.30. The van der Waals surface area contributed by atoms with E-state index in [0.29, 0.717) is 11.8 Å². The van der Waals surface area contributed by atoms with Crippen LogP contribution in [0.1, 0.15) is 28.9 Å². The Morgan fingerprint density at radius 1 is 1.09 bits per heavy atom. The van der Waals surface area contributed by atoms with Gasteiger partial charge in [-0.1, -0.05) is 6.07 Å². The van der Waals surface area contributed by atoms with Gasteiger partial charge in [0.25, 0.3) is 0 Å². The SMILES string of the molecule is O=C(CCC(=O)c1ccc(F)cc1F)OCc1ccccn1. The molecule has 0 saturated heterocycles. The molecule has 0 fully saturated rings. The van der Waals surface area contributed by atoms with Gasteiger partial charge in [-0.25, -0.2) is 8.78 Å². The van der Waals surface area contributed by atoms with E-state index in [-0.39, 0.29) is 25.0 Å². The van der Waals surface area contributed by atoms with E-state index in [1.165, 1.54) is 0 Å². The van der Waals surface area contributed by atoms with Crippen LogP contribution in [0.25, 0.3) is 0 Å². The highest BCUT2D eigenvalue weighted by Gasteiger charge is 2.14. The molecule has 0 saturated carbocycles. The van der Waals surface area contributed by atoms with Gasteiger partial charge in [-0.15, -0.1) is 0 Å². The van der Waals surface area contributed by atoms with Gasteiger partial charge in [-0.05, 0) is 24.3 Å². The highest BCUT2D eigenvalue weighted by molar-refractivity contribution is 5.97. The number of hydrogen-bond acceptors (Lipinski definition) is 4. The van der Waals surface area contributed by atoms with Crippen molar-refractivity contribution in [2.75, 3.05) is 0 Å². The molecule has 1 aromatic heterocycles. The predicted molar refractivity (Wildman–Crippen MR) is 74.0 cm³/mol. The second-order valence-corrected chi connectivity index (χ2v) is 4.53. The third kappa shape index (κ3) is 4.44. The molecule has 2 rings (SSSR count). The zero-order chi connectivity index (χ0) is 15.9. The van der Waals surface area contributed by atoms with E-state index < -0.39 is 23.4 Å². The number of nitrogens with zero attached hydrogens (tertiary/aromatic N) is 1. The second-order valence-electron chi connectivity index (χ2n) is 4.53. The Morgan fingerprint density at radius 3 is 2.59 bits per heavy atom. The Labute approximate surface area is 125 Å². The Balaban J connectivity index is 1.82. The van der Waals surface area contributed by atoms with Crippen LogP contribution in [0.15, 0.2) is 42.6 Å². The Bertz CT molecular complexity index is 674. The number of halogens is 2. The van der Waals surface area contributed by atoms with Crippen LogP contribution in [0.3, 0.4) is 0 Å². The number of Topliss-reactive ketones (excluding diaryl/α,β-unsaturated/α-hetero) is 1. The lowest BCUT2D eigenvalue weighted by molar-refractivity contribution is -0.145. The summed E-state index contributed by atoms with van der Waals surface area (Å²) in [5, 5.41) is 0. The van der Waals surface area contributed by atoms with Gasteiger partial charge >= 0.3 is 5.97 Å². The summed E-state index contributed by atoms with van der Waals surface area (Å²) >= 11 is 0. The lowest BCUT2D eigenvalue weighted by Gasteiger charge is -2.05. The molecule has 0 aliphatic heterocycles. The van der Waals surface area contributed by atoms with Crippen LogP contribution in [-0.4, -0.2) is 16.7 Å². The summed E-state index contributed by atoms with van der Waals surface area (Å²) in [6.07, 6.45) is 1.19. The highest BCUT2D eigenvalue weighted by atomic mass is 19.1. The minimum absolute atomic E-state index is 0.0127. The molecule has 0 spiro atoms. The van der Waals surface area contributed by atoms with Crippen LogP contribution in [-0.2, 0) is 16.1 Å².